The molecule has 0 aromatic heterocycles. The highest BCUT2D eigenvalue weighted by molar-refractivity contribution is 8.13. The molecule has 5 nitrogen and oxygen atoms in total. The third-order valence-electron chi connectivity index (χ3n) is 3.34. The normalized spacial score (nSPS) is 17.4. The number of nitrogens with zero attached hydrogens (tertiary/aromatic N) is 1. The van der Waals surface area contributed by atoms with Gasteiger partial charge in [0.05, 0.1) is 4.90 Å². The van der Waals surface area contributed by atoms with Crippen LogP contribution in [-0.2, 0) is 20.3 Å². The van der Waals surface area contributed by atoms with Gasteiger partial charge in [0.15, 0.2) is 6.10 Å². The van der Waals surface area contributed by atoms with E-state index in [4.69, 9.17) is 15.4 Å². The Balaban J connectivity index is 2.22. The summed E-state index contributed by atoms with van der Waals surface area (Å²) in [6.45, 7) is 5.04. The Morgan fingerprint density at radius 1 is 1.40 bits per heavy atom. The molecule has 0 aliphatic carbocycles. The molecule has 1 atom stereocenters. The third-order valence-corrected chi connectivity index (χ3v) is 4.69. The Bertz CT molecular complexity index is 625. The number of hydrogen-bond donors (Lipinski definition) is 0. The van der Waals surface area contributed by atoms with Crippen LogP contribution in [0.2, 0.25) is 0 Å². The quantitative estimate of drug-likeness (QED) is 0.794. The fourth-order valence-electron chi connectivity index (χ4n) is 2.25. The summed E-state index contributed by atoms with van der Waals surface area (Å²) in [5, 5.41) is 0. The van der Waals surface area contributed by atoms with E-state index in [0.29, 0.717) is 30.8 Å². The van der Waals surface area contributed by atoms with E-state index >= 15 is 0 Å². The molecule has 0 saturated heterocycles. The molecule has 1 aliphatic rings. The first-order chi connectivity index (χ1) is 9.36. The molecule has 0 saturated carbocycles. The van der Waals surface area contributed by atoms with Crippen LogP contribution < -0.4 is 4.74 Å². The van der Waals surface area contributed by atoms with E-state index in [-0.39, 0.29) is 10.8 Å². The van der Waals surface area contributed by atoms with E-state index in [9.17, 15) is 13.2 Å². The predicted molar refractivity (Wildman–Crippen MR) is 75.5 cm³/mol. The lowest BCUT2D eigenvalue weighted by atomic mass is 10.1. The summed E-state index contributed by atoms with van der Waals surface area (Å²) in [6, 6.07) is 4.39. The van der Waals surface area contributed by atoms with E-state index in [1.54, 1.807) is 11.0 Å². The van der Waals surface area contributed by atoms with E-state index in [1.165, 1.54) is 12.1 Å². The van der Waals surface area contributed by atoms with Crippen LogP contribution in [0.25, 0.3) is 0 Å². The molecule has 1 aliphatic heterocycles. The maximum atomic E-state index is 12.2. The summed E-state index contributed by atoms with van der Waals surface area (Å²) in [5.41, 5.74) is 0.692. The number of carbonyl (C=O) groups is 1. The van der Waals surface area contributed by atoms with E-state index in [2.05, 4.69) is 0 Å². The number of amides is 1. The molecular weight excluding hydrogens is 302 g/mol. The van der Waals surface area contributed by atoms with Crippen LogP contribution in [-0.4, -0.2) is 38.4 Å². The molecular formula is C13H16ClNO4S. The number of carbonyl (C=O) groups excluding carboxylic acids is 1. The number of hydrogen-bond acceptors (Lipinski definition) is 4. The first kappa shape index (κ1) is 15.1. The number of ether oxygens (including phenoxy) is 1. The van der Waals surface area contributed by atoms with Crippen molar-refractivity contribution in [3.05, 3.63) is 23.8 Å². The maximum Gasteiger partial charge on any atom is 0.263 e. The van der Waals surface area contributed by atoms with E-state index in [0.717, 1.165) is 0 Å². The van der Waals surface area contributed by atoms with Crippen LogP contribution in [0.1, 0.15) is 19.4 Å². The Morgan fingerprint density at radius 3 is 2.60 bits per heavy atom. The van der Waals surface area contributed by atoms with Crippen LogP contribution in [0.5, 0.6) is 5.75 Å². The van der Waals surface area contributed by atoms with Gasteiger partial charge in [0.25, 0.3) is 15.0 Å². The van der Waals surface area contributed by atoms with Gasteiger partial charge in [-0.2, -0.15) is 0 Å². The van der Waals surface area contributed by atoms with Crippen molar-refractivity contribution in [2.45, 2.75) is 31.3 Å². The highest BCUT2D eigenvalue weighted by Crippen LogP contribution is 2.32. The van der Waals surface area contributed by atoms with Gasteiger partial charge in [-0.1, -0.05) is 0 Å². The van der Waals surface area contributed by atoms with Gasteiger partial charge >= 0.3 is 0 Å². The zero-order chi connectivity index (χ0) is 14.9. The van der Waals surface area contributed by atoms with Crippen molar-refractivity contribution in [2.24, 2.45) is 0 Å². The Morgan fingerprint density at radius 2 is 2.05 bits per heavy atom. The molecule has 0 bridgehead atoms. The van der Waals surface area contributed by atoms with Gasteiger partial charge in [0.1, 0.15) is 5.75 Å². The second-order valence-electron chi connectivity index (χ2n) is 4.53. The summed E-state index contributed by atoms with van der Waals surface area (Å²) in [5.74, 6) is 0.459. The molecule has 20 heavy (non-hydrogen) atoms. The van der Waals surface area contributed by atoms with Crippen LogP contribution in [0.15, 0.2) is 23.1 Å². The summed E-state index contributed by atoms with van der Waals surface area (Å²) in [7, 11) is 1.54. The lowest BCUT2D eigenvalue weighted by molar-refractivity contribution is -0.137. The molecule has 0 fully saturated rings. The van der Waals surface area contributed by atoms with Crippen LogP contribution in [0.4, 0.5) is 0 Å². The van der Waals surface area contributed by atoms with Crippen molar-refractivity contribution in [2.75, 3.05) is 13.1 Å². The minimum absolute atomic E-state index is 0.0254. The van der Waals surface area contributed by atoms with Crippen LogP contribution in [0.3, 0.4) is 0 Å². The standard InChI is InChI=1S/C13H16ClNO4S/c1-3-15(4-2)13(16)12-8-9-7-10(20(14,17)18)5-6-11(9)19-12/h5-7,12H,3-4,8H2,1-2H3. The Kier molecular flexibility index (Phi) is 4.25. The third kappa shape index (κ3) is 2.91. The fourth-order valence-corrected chi connectivity index (χ4v) is 3.05. The minimum Gasteiger partial charge on any atom is -0.480 e. The molecule has 110 valence electrons. The van der Waals surface area contributed by atoms with Gasteiger partial charge in [0, 0.05) is 30.2 Å². The summed E-state index contributed by atoms with van der Waals surface area (Å²) >= 11 is 0. The van der Waals surface area contributed by atoms with Crippen LogP contribution >= 0.6 is 10.7 Å². The average molecular weight is 318 g/mol. The first-order valence-corrected chi connectivity index (χ1v) is 8.70. The molecule has 1 heterocycles. The number of fused-ring (bicyclic) bond motifs is 1. The molecule has 1 aromatic carbocycles. The second-order valence-corrected chi connectivity index (χ2v) is 7.09. The molecule has 0 N–H and O–H groups in total. The fraction of sp³-hybridized carbons (Fsp3) is 0.462. The number of benzene rings is 1. The monoisotopic (exact) mass is 317 g/mol. The zero-order valence-electron chi connectivity index (χ0n) is 11.3. The largest absolute Gasteiger partial charge is 0.480 e. The SMILES string of the molecule is CCN(CC)C(=O)C1Cc2cc(S(=O)(=O)Cl)ccc2O1. The lowest BCUT2D eigenvalue weighted by Crippen LogP contribution is -2.41. The molecule has 7 heteroatoms. The molecule has 1 unspecified atom stereocenters. The molecule has 2 rings (SSSR count). The zero-order valence-corrected chi connectivity index (χ0v) is 12.9. The van der Waals surface area contributed by atoms with Crippen molar-refractivity contribution in [1.29, 1.82) is 0 Å². The highest BCUT2D eigenvalue weighted by atomic mass is 35.7. The van der Waals surface area contributed by atoms with Gasteiger partial charge in [-0.05, 0) is 37.6 Å². The van der Waals surface area contributed by atoms with Gasteiger partial charge in [-0.25, -0.2) is 8.42 Å². The number of rotatable bonds is 4. The summed E-state index contributed by atoms with van der Waals surface area (Å²) in [6.07, 6.45) is -0.219. The van der Waals surface area contributed by atoms with Crippen molar-refractivity contribution >= 4 is 25.6 Å². The number of likely N-dealkylation sites (N-methyl/N-ethyl adjacent to an activating group) is 1. The van der Waals surface area contributed by atoms with Gasteiger partial charge in [-0.3, -0.25) is 4.79 Å². The Labute approximate surface area is 122 Å². The highest BCUT2D eigenvalue weighted by Gasteiger charge is 2.32. The van der Waals surface area contributed by atoms with Crippen LogP contribution in [0, 0.1) is 0 Å². The summed E-state index contributed by atoms with van der Waals surface area (Å²) < 4.78 is 28.2. The number of halogens is 1. The molecule has 1 aromatic rings. The van der Waals surface area contributed by atoms with Crippen molar-refractivity contribution in [3.63, 3.8) is 0 Å². The van der Waals surface area contributed by atoms with Crippen molar-refractivity contribution in [1.82, 2.24) is 4.90 Å². The average Bonchev–Trinajstić information content (AvgIpc) is 2.81. The predicted octanol–water partition coefficient (Wildman–Crippen LogP) is 1.79. The lowest BCUT2D eigenvalue weighted by Gasteiger charge is -2.22. The van der Waals surface area contributed by atoms with Gasteiger partial charge < -0.3 is 9.64 Å². The molecule has 0 spiro atoms. The van der Waals surface area contributed by atoms with Crippen molar-refractivity contribution < 1.29 is 17.9 Å². The van der Waals surface area contributed by atoms with E-state index < -0.39 is 15.2 Å². The van der Waals surface area contributed by atoms with Gasteiger partial charge in [-0.15, -0.1) is 0 Å². The first-order valence-electron chi connectivity index (χ1n) is 6.39. The maximum absolute atomic E-state index is 12.2. The molecule has 0 radical (unpaired) electrons. The summed E-state index contributed by atoms with van der Waals surface area (Å²) in [4.78, 5) is 13.9. The minimum atomic E-state index is -3.77. The van der Waals surface area contributed by atoms with E-state index in [1.807, 2.05) is 13.8 Å². The van der Waals surface area contributed by atoms with Gasteiger partial charge in [0.2, 0.25) is 0 Å². The smallest absolute Gasteiger partial charge is 0.263 e. The molecule has 1 amide bonds. The topological polar surface area (TPSA) is 63.7 Å². The Hall–Kier alpha value is -1.27. The second kappa shape index (κ2) is 5.61. The van der Waals surface area contributed by atoms with Crippen molar-refractivity contribution in [3.8, 4) is 5.75 Å².